The summed E-state index contributed by atoms with van der Waals surface area (Å²) in [5.74, 6) is 0.833. The molecule has 4 rings (SSSR count). The molecule has 0 saturated carbocycles. The van der Waals surface area contributed by atoms with Gasteiger partial charge in [0.15, 0.2) is 11.5 Å². The van der Waals surface area contributed by atoms with E-state index in [0.717, 1.165) is 10.2 Å². The molecule has 0 unspecified atom stereocenters. The fraction of sp³-hybridized carbons (Fsp3) is 0.150. The molecule has 1 N–H and O–H groups in total. The van der Waals surface area contributed by atoms with Gasteiger partial charge < -0.3 is 14.8 Å². The monoisotopic (exact) mass is 431 g/mol. The maximum absolute atomic E-state index is 12.4. The minimum Gasteiger partial charge on any atom is -0.486 e. The van der Waals surface area contributed by atoms with Crippen LogP contribution in [0.1, 0.15) is 0 Å². The number of nitrogens with zero attached hydrogens (tertiary/aromatic N) is 2. The van der Waals surface area contributed by atoms with Crippen molar-refractivity contribution in [3.8, 4) is 22.8 Å². The number of carbonyl (C=O) groups excluding carboxylic acids is 1. The predicted molar refractivity (Wildman–Crippen MR) is 110 cm³/mol. The van der Waals surface area contributed by atoms with Crippen molar-refractivity contribution in [2.45, 2.75) is 6.54 Å². The molecule has 1 aromatic heterocycles. The second kappa shape index (κ2) is 8.14. The molecule has 148 valence electrons. The van der Waals surface area contributed by atoms with Crippen LogP contribution < -0.4 is 20.3 Å². The number of hydrogen-bond donors (Lipinski definition) is 1. The van der Waals surface area contributed by atoms with Gasteiger partial charge in [0.05, 0.1) is 16.4 Å². The molecular formula is C20H15Cl2N3O4. The predicted octanol–water partition coefficient (Wildman–Crippen LogP) is 3.63. The molecule has 2 heterocycles. The standard InChI is InChI=1S/C20H15Cl2N3O4/c21-13-2-3-16(14(22)10-13)23-19(26)11-25-20(27)6-4-15(24-25)12-1-5-17-18(9-12)29-8-7-28-17/h1-6,9-10H,7-8,11H2,(H,23,26). The van der Waals surface area contributed by atoms with E-state index in [0.29, 0.717) is 46.1 Å². The highest BCUT2D eigenvalue weighted by atomic mass is 35.5. The highest BCUT2D eigenvalue weighted by Gasteiger charge is 2.14. The summed E-state index contributed by atoms with van der Waals surface area (Å²) in [6, 6.07) is 13.1. The first-order valence-electron chi connectivity index (χ1n) is 8.73. The fourth-order valence-corrected chi connectivity index (χ4v) is 3.29. The Labute approximate surface area is 175 Å². The Balaban J connectivity index is 1.55. The third-order valence-electron chi connectivity index (χ3n) is 4.20. The highest BCUT2D eigenvalue weighted by molar-refractivity contribution is 6.36. The molecule has 1 amide bonds. The number of hydrogen-bond acceptors (Lipinski definition) is 5. The van der Waals surface area contributed by atoms with Crippen LogP contribution >= 0.6 is 23.2 Å². The molecule has 0 fully saturated rings. The zero-order valence-corrected chi connectivity index (χ0v) is 16.5. The van der Waals surface area contributed by atoms with Crippen molar-refractivity contribution in [1.82, 2.24) is 9.78 Å². The summed E-state index contributed by atoms with van der Waals surface area (Å²) < 4.78 is 12.2. The van der Waals surface area contributed by atoms with Gasteiger partial charge in [0, 0.05) is 16.7 Å². The molecule has 2 aromatic carbocycles. The van der Waals surface area contributed by atoms with Crippen molar-refractivity contribution in [1.29, 1.82) is 0 Å². The van der Waals surface area contributed by atoms with Crippen LogP contribution in [0.3, 0.4) is 0 Å². The van der Waals surface area contributed by atoms with Crippen LogP contribution in [0.25, 0.3) is 11.3 Å². The van der Waals surface area contributed by atoms with Crippen LogP contribution in [0.5, 0.6) is 11.5 Å². The molecule has 1 aliphatic heterocycles. The van der Waals surface area contributed by atoms with Gasteiger partial charge in [-0.2, -0.15) is 5.10 Å². The van der Waals surface area contributed by atoms with Gasteiger partial charge in [-0.3, -0.25) is 9.59 Å². The van der Waals surface area contributed by atoms with Crippen molar-refractivity contribution in [2.75, 3.05) is 18.5 Å². The summed E-state index contributed by atoms with van der Waals surface area (Å²) in [6.45, 7) is 0.704. The molecule has 29 heavy (non-hydrogen) atoms. The van der Waals surface area contributed by atoms with E-state index in [-0.39, 0.29) is 6.54 Å². The topological polar surface area (TPSA) is 82.5 Å². The van der Waals surface area contributed by atoms with Crippen LogP contribution in [-0.4, -0.2) is 28.9 Å². The molecule has 0 atom stereocenters. The average Bonchev–Trinajstić information content (AvgIpc) is 2.71. The fourth-order valence-electron chi connectivity index (χ4n) is 2.84. The maximum atomic E-state index is 12.4. The summed E-state index contributed by atoms with van der Waals surface area (Å²) in [6.07, 6.45) is 0. The van der Waals surface area contributed by atoms with Gasteiger partial charge in [0.2, 0.25) is 5.91 Å². The minimum absolute atomic E-state index is 0.268. The number of fused-ring (bicyclic) bond motifs is 1. The first-order valence-corrected chi connectivity index (χ1v) is 9.48. The van der Waals surface area contributed by atoms with Crippen molar-refractivity contribution >= 4 is 34.8 Å². The number of carbonyl (C=O) groups is 1. The van der Waals surface area contributed by atoms with Gasteiger partial charge in [-0.15, -0.1) is 0 Å². The lowest BCUT2D eigenvalue weighted by atomic mass is 10.1. The van der Waals surface area contributed by atoms with Crippen molar-refractivity contribution in [2.24, 2.45) is 0 Å². The number of rotatable bonds is 4. The summed E-state index contributed by atoms with van der Waals surface area (Å²) in [7, 11) is 0. The van der Waals surface area contributed by atoms with Crippen molar-refractivity contribution < 1.29 is 14.3 Å². The van der Waals surface area contributed by atoms with E-state index in [1.165, 1.54) is 12.1 Å². The van der Waals surface area contributed by atoms with Gasteiger partial charge in [0.25, 0.3) is 5.56 Å². The second-order valence-electron chi connectivity index (χ2n) is 6.25. The van der Waals surface area contributed by atoms with Gasteiger partial charge >= 0.3 is 0 Å². The quantitative estimate of drug-likeness (QED) is 0.681. The Hall–Kier alpha value is -3.03. The summed E-state index contributed by atoms with van der Waals surface area (Å²) in [4.78, 5) is 24.5. The van der Waals surface area contributed by atoms with Crippen molar-refractivity contribution in [3.05, 3.63) is 68.9 Å². The number of aromatic nitrogens is 2. The highest BCUT2D eigenvalue weighted by Crippen LogP contribution is 2.33. The van der Waals surface area contributed by atoms with Crippen LogP contribution in [0.4, 0.5) is 5.69 Å². The lowest BCUT2D eigenvalue weighted by molar-refractivity contribution is -0.117. The maximum Gasteiger partial charge on any atom is 0.267 e. The molecule has 0 bridgehead atoms. The zero-order valence-electron chi connectivity index (χ0n) is 15.0. The molecular weight excluding hydrogens is 417 g/mol. The van der Waals surface area contributed by atoms with E-state index in [2.05, 4.69) is 10.4 Å². The normalized spacial score (nSPS) is 12.5. The SMILES string of the molecule is O=C(Cn1nc(-c2ccc3c(c2)OCCO3)ccc1=O)Nc1ccc(Cl)cc1Cl. The number of nitrogens with one attached hydrogen (secondary N) is 1. The zero-order chi connectivity index (χ0) is 20.4. The summed E-state index contributed by atoms with van der Waals surface area (Å²) >= 11 is 11.9. The van der Waals surface area contributed by atoms with E-state index < -0.39 is 11.5 Å². The number of amides is 1. The molecule has 9 heteroatoms. The number of halogens is 2. The van der Waals surface area contributed by atoms with Gasteiger partial charge in [0.1, 0.15) is 19.8 Å². The van der Waals surface area contributed by atoms with Gasteiger partial charge in [-0.05, 0) is 42.5 Å². The molecule has 1 aliphatic rings. The molecule has 0 spiro atoms. The van der Waals surface area contributed by atoms with Gasteiger partial charge in [-0.25, -0.2) is 4.68 Å². The number of ether oxygens (including phenoxy) is 2. The van der Waals surface area contributed by atoms with E-state index in [1.54, 1.807) is 30.3 Å². The van der Waals surface area contributed by atoms with Crippen LogP contribution in [0, 0.1) is 0 Å². The minimum atomic E-state index is -0.442. The Kier molecular flexibility index (Phi) is 5.42. The van der Waals surface area contributed by atoms with E-state index in [4.69, 9.17) is 32.7 Å². The molecule has 0 saturated heterocycles. The van der Waals surface area contributed by atoms with Crippen LogP contribution in [0.15, 0.2) is 53.3 Å². The van der Waals surface area contributed by atoms with Crippen LogP contribution in [-0.2, 0) is 11.3 Å². The average molecular weight is 432 g/mol. The third-order valence-corrected chi connectivity index (χ3v) is 4.75. The second-order valence-corrected chi connectivity index (χ2v) is 7.09. The summed E-state index contributed by atoms with van der Waals surface area (Å²) in [5.41, 5.74) is 1.27. The lowest BCUT2D eigenvalue weighted by Gasteiger charge is -2.18. The summed E-state index contributed by atoms with van der Waals surface area (Å²) in [5, 5.41) is 7.71. The smallest absolute Gasteiger partial charge is 0.267 e. The molecule has 0 aliphatic carbocycles. The van der Waals surface area contributed by atoms with Crippen molar-refractivity contribution in [3.63, 3.8) is 0 Å². The Morgan fingerprint density at radius 1 is 1.03 bits per heavy atom. The third kappa shape index (κ3) is 4.36. The molecule has 7 nitrogen and oxygen atoms in total. The molecule has 0 radical (unpaired) electrons. The Bertz CT molecular complexity index is 1150. The van der Waals surface area contributed by atoms with E-state index in [9.17, 15) is 9.59 Å². The number of anilines is 1. The first-order chi connectivity index (χ1) is 14.0. The lowest BCUT2D eigenvalue weighted by Crippen LogP contribution is -2.29. The Morgan fingerprint density at radius 3 is 2.62 bits per heavy atom. The van der Waals surface area contributed by atoms with E-state index >= 15 is 0 Å². The first kappa shape index (κ1) is 19.3. The number of benzene rings is 2. The van der Waals surface area contributed by atoms with Crippen LogP contribution in [0.2, 0.25) is 10.0 Å². The van der Waals surface area contributed by atoms with Gasteiger partial charge in [-0.1, -0.05) is 23.2 Å². The Morgan fingerprint density at radius 2 is 1.83 bits per heavy atom. The molecule has 3 aromatic rings. The largest absolute Gasteiger partial charge is 0.486 e. The van der Waals surface area contributed by atoms with E-state index in [1.807, 2.05) is 6.07 Å².